The Morgan fingerprint density at radius 1 is 1.00 bits per heavy atom. The number of anilines is 3. The van der Waals surface area contributed by atoms with Gasteiger partial charge in [-0.1, -0.05) is 0 Å². The highest BCUT2D eigenvalue weighted by Crippen LogP contribution is 2.36. The Hall–Kier alpha value is -3.62. The summed E-state index contributed by atoms with van der Waals surface area (Å²) in [6, 6.07) is 14.5. The number of nitrogen functional groups attached to an aromatic ring is 1. The molecule has 0 aliphatic carbocycles. The molecule has 0 aliphatic rings. The molecule has 138 valence electrons. The lowest BCUT2D eigenvalue weighted by Gasteiger charge is -2.14. The van der Waals surface area contributed by atoms with Crippen LogP contribution in [0.5, 0.6) is 11.6 Å². The molecule has 0 saturated heterocycles. The zero-order chi connectivity index (χ0) is 20.3. The lowest BCUT2D eigenvalue weighted by Crippen LogP contribution is -2.04. The fraction of sp³-hybridized carbons (Fsp3) is 0.100. The molecule has 2 aromatic carbocycles. The van der Waals surface area contributed by atoms with E-state index in [4.69, 9.17) is 21.0 Å². The van der Waals surface area contributed by atoms with E-state index in [0.717, 1.165) is 11.1 Å². The molecular formula is C20H15BrN6O. The van der Waals surface area contributed by atoms with Gasteiger partial charge in [-0.25, -0.2) is 0 Å². The van der Waals surface area contributed by atoms with E-state index in [-0.39, 0.29) is 17.6 Å². The van der Waals surface area contributed by atoms with Gasteiger partial charge in [0.25, 0.3) is 0 Å². The first-order valence-electron chi connectivity index (χ1n) is 8.20. The summed E-state index contributed by atoms with van der Waals surface area (Å²) in [5.74, 6) is 1.32. The molecule has 0 unspecified atom stereocenters. The third-order valence-corrected chi connectivity index (χ3v) is 4.65. The van der Waals surface area contributed by atoms with Gasteiger partial charge in [0, 0.05) is 5.69 Å². The monoisotopic (exact) mass is 437 g/mol. The van der Waals surface area contributed by atoms with Crippen LogP contribution in [0.2, 0.25) is 0 Å². The van der Waals surface area contributed by atoms with Crippen molar-refractivity contribution in [2.24, 2.45) is 0 Å². The summed E-state index contributed by atoms with van der Waals surface area (Å²) in [6.45, 7) is 3.72. The molecule has 1 heterocycles. The number of halogens is 1. The minimum absolute atomic E-state index is 0.213. The van der Waals surface area contributed by atoms with Crippen molar-refractivity contribution in [2.45, 2.75) is 13.8 Å². The highest BCUT2D eigenvalue weighted by atomic mass is 79.9. The number of nitrogens with two attached hydrogens (primary N) is 1. The van der Waals surface area contributed by atoms with Crippen LogP contribution in [0.3, 0.4) is 0 Å². The molecule has 0 spiro atoms. The molecule has 3 N–H and O–H groups in total. The Morgan fingerprint density at radius 2 is 1.61 bits per heavy atom. The molecule has 28 heavy (non-hydrogen) atoms. The molecule has 0 radical (unpaired) electrons. The van der Waals surface area contributed by atoms with Gasteiger partial charge in [-0.15, -0.1) is 0 Å². The van der Waals surface area contributed by atoms with Crippen molar-refractivity contribution < 1.29 is 4.74 Å². The third kappa shape index (κ3) is 4.03. The van der Waals surface area contributed by atoms with Crippen molar-refractivity contribution in [1.29, 1.82) is 10.5 Å². The quantitative estimate of drug-likeness (QED) is 0.605. The number of hydrogen-bond donors (Lipinski definition) is 2. The average Bonchev–Trinajstić information content (AvgIpc) is 2.68. The molecule has 3 rings (SSSR count). The van der Waals surface area contributed by atoms with Crippen LogP contribution in [0.25, 0.3) is 0 Å². The number of benzene rings is 2. The summed E-state index contributed by atoms with van der Waals surface area (Å²) < 4.78 is 6.43. The van der Waals surface area contributed by atoms with Crippen LogP contribution >= 0.6 is 15.9 Å². The second kappa shape index (κ2) is 7.95. The third-order valence-electron chi connectivity index (χ3n) is 3.90. The molecule has 0 amide bonds. The second-order valence-corrected chi connectivity index (χ2v) is 6.81. The molecule has 0 aliphatic heterocycles. The Labute approximate surface area is 170 Å². The van der Waals surface area contributed by atoms with E-state index in [1.165, 1.54) is 0 Å². The first-order chi connectivity index (χ1) is 13.4. The largest absolute Gasteiger partial charge is 0.437 e. The minimum atomic E-state index is 0.213. The van der Waals surface area contributed by atoms with Gasteiger partial charge in [0.05, 0.1) is 23.3 Å². The number of hydrogen-bond acceptors (Lipinski definition) is 7. The van der Waals surface area contributed by atoms with Crippen molar-refractivity contribution in [3.05, 3.63) is 63.1 Å². The summed E-state index contributed by atoms with van der Waals surface area (Å²) in [5, 5.41) is 21.0. The van der Waals surface area contributed by atoms with Crippen molar-refractivity contribution in [1.82, 2.24) is 9.97 Å². The lowest BCUT2D eigenvalue weighted by molar-refractivity contribution is 0.453. The maximum Gasteiger partial charge on any atom is 0.240 e. The van der Waals surface area contributed by atoms with Crippen LogP contribution in [0.1, 0.15) is 22.3 Å². The average molecular weight is 438 g/mol. The van der Waals surface area contributed by atoms with Crippen LogP contribution in [0.4, 0.5) is 17.5 Å². The highest BCUT2D eigenvalue weighted by molar-refractivity contribution is 9.10. The summed E-state index contributed by atoms with van der Waals surface area (Å²) in [4.78, 5) is 8.60. The maximum absolute atomic E-state index is 9.10. The molecule has 8 heteroatoms. The van der Waals surface area contributed by atoms with E-state index in [0.29, 0.717) is 27.0 Å². The number of nitrogens with one attached hydrogen (secondary N) is 1. The topological polar surface area (TPSA) is 121 Å². The molecule has 3 aromatic rings. The van der Waals surface area contributed by atoms with Gasteiger partial charge in [-0.2, -0.15) is 20.5 Å². The van der Waals surface area contributed by atoms with Crippen LogP contribution in [-0.4, -0.2) is 9.97 Å². The van der Waals surface area contributed by atoms with Crippen molar-refractivity contribution in [3.8, 4) is 23.8 Å². The summed E-state index contributed by atoms with van der Waals surface area (Å²) in [7, 11) is 0. The van der Waals surface area contributed by atoms with Crippen LogP contribution in [-0.2, 0) is 0 Å². The molecule has 0 fully saturated rings. The van der Waals surface area contributed by atoms with Crippen LogP contribution in [0, 0.1) is 36.5 Å². The first kappa shape index (κ1) is 19.2. The van der Waals surface area contributed by atoms with E-state index in [1.807, 2.05) is 13.8 Å². The van der Waals surface area contributed by atoms with Crippen LogP contribution in [0.15, 0.2) is 40.9 Å². The van der Waals surface area contributed by atoms with Gasteiger partial charge < -0.3 is 15.8 Å². The Morgan fingerprint density at radius 3 is 2.18 bits per heavy atom. The zero-order valence-electron chi connectivity index (χ0n) is 15.1. The molecule has 0 bridgehead atoms. The molecule has 0 saturated carbocycles. The normalized spacial score (nSPS) is 10.0. The zero-order valence-corrected chi connectivity index (χ0v) is 16.7. The Balaban J connectivity index is 1.94. The van der Waals surface area contributed by atoms with Gasteiger partial charge in [-0.3, -0.25) is 0 Å². The number of nitriles is 2. The number of aryl methyl sites for hydroxylation is 2. The fourth-order valence-electron chi connectivity index (χ4n) is 2.60. The second-order valence-electron chi connectivity index (χ2n) is 6.02. The predicted octanol–water partition coefficient (Wildman–Crippen LogP) is 4.72. The number of nitrogens with zero attached hydrogens (tertiary/aromatic N) is 4. The summed E-state index contributed by atoms with van der Waals surface area (Å²) >= 11 is 3.36. The maximum atomic E-state index is 9.10. The van der Waals surface area contributed by atoms with E-state index in [9.17, 15) is 0 Å². The van der Waals surface area contributed by atoms with Gasteiger partial charge in [-0.05, 0) is 77.3 Å². The van der Waals surface area contributed by atoms with Gasteiger partial charge in [0.2, 0.25) is 11.8 Å². The Kier molecular flexibility index (Phi) is 5.44. The van der Waals surface area contributed by atoms with Crippen LogP contribution < -0.4 is 15.8 Å². The highest BCUT2D eigenvalue weighted by Gasteiger charge is 2.16. The van der Waals surface area contributed by atoms with Gasteiger partial charge >= 0.3 is 0 Å². The van der Waals surface area contributed by atoms with E-state index < -0.39 is 0 Å². The number of aromatic nitrogens is 2. The van der Waals surface area contributed by atoms with Gasteiger partial charge in [0.15, 0.2) is 0 Å². The summed E-state index contributed by atoms with van der Waals surface area (Å²) in [6.07, 6.45) is 0. The van der Waals surface area contributed by atoms with Gasteiger partial charge in [0.1, 0.15) is 16.0 Å². The first-order valence-corrected chi connectivity index (χ1v) is 9.00. The smallest absolute Gasteiger partial charge is 0.240 e. The van der Waals surface area contributed by atoms with Crippen molar-refractivity contribution in [3.63, 3.8) is 0 Å². The molecule has 7 nitrogen and oxygen atoms in total. The molecule has 0 atom stereocenters. The Bertz CT molecular complexity index is 1110. The van der Waals surface area contributed by atoms with E-state index in [1.54, 1.807) is 36.4 Å². The molecular weight excluding hydrogens is 423 g/mol. The minimum Gasteiger partial charge on any atom is -0.437 e. The lowest BCUT2D eigenvalue weighted by atomic mass is 10.1. The SMILES string of the molecule is Cc1cc(C#N)cc(C)c1O[13c]1nc(Nc2ccc(C#N)cc2)n[13c](N)[13c]1Br. The number of rotatable bonds is 4. The molecule has 1 aromatic heterocycles. The van der Waals surface area contributed by atoms with E-state index >= 15 is 0 Å². The van der Waals surface area contributed by atoms with Crippen molar-refractivity contribution in [2.75, 3.05) is 11.1 Å². The fourth-order valence-corrected chi connectivity index (χ4v) is 2.85. The number of ether oxygens (including phenoxy) is 1. The summed E-state index contributed by atoms with van der Waals surface area (Å²) in [5.41, 5.74) is 9.43. The standard InChI is InChI=1S/C20H15BrN6O/c1-11-7-14(10-23)8-12(2)17(11)28-19-16(21)18(24)26-20(27-19)25-15-5-3-13(9-22)4-6-15/h3-8H,1-2H3,(H3,24,25,26,27)/i16+1,18+1,19+1. The van der Waals surface area contributed by atoms with E-state index in [2.05, 4.69) is 43.4 Å². The van der Waals surface area contributed by atoms with Crippen molar-refractivity contribution >= 4 is 33.4 Å². The predicted molar refractivity (Wildman–Crippen MR) is 109 cm³/mol.